The lowest BCUT2D eigenvalue weighted by atomic mass is 9.91. The Morgan fingerprint density at radius 3 is 2.41 bits per heavy atom. The van der Waals surface area contributed by atoms with E-state index in [4.69, 9.17) is 4.74 Å². The zero-order valence-corrected chi connectivity index (χ0v) is 15.6. The van der Waals surface area contributed by atoms with E-state index < -0.39 is 15.6 Å². The van der Waals surface area contributed by atoms with Crippen LogP contribution in [0, 0.1) is 0 Å². The van der Waals surface area contributed by atoms with Gasteiger partial charge in [-0.1, -0.05) is 37.3 Å². The first-order valence-electron chi connectivity index (χ1n) is 6.79. The molecule has 0 unspecified atom stereocenters. The molecule has 1 aromatic heterocycles. The molecule has 7 heteroatoms. The Hall–Kier alpha value is -0.730. The van der Waals surface area contributed by atoms with Crippen LogP contribution in [0.1, 0.15) is 18.9 Å². The van der Waals surface area contributed by atoms with Gasteiger partial charge in [0.05, 0.1) is 3.79 Å². The topological polar surface area (TPSA) is 55.4 Å². The molecule has 120 valence electrons. The van der Waals surface area contributed by atoms with Crippen LogP contribution in [0.5, 0.6) is 0 Å². The second-order valence-corrected chi connectivity index (χ2v) is 9.26. The second kappa shape index (κ2) is 7.23. The molecular weight excluding hydrogens is 386 g/mol. The summed E-state index contributed by atoms with van der Waals surface area (Å²) in [5.74, 6) is 0. The Bertz CT molecular complexity index is 709. The molecule has 0 aliphatic carbocycles. The minimum atomic E-state index is -3.54. The van der Waals surface area contributed by atoms with Crippen LogP contribution in [0.4, 0.5) is 0 Å². The maximum absolute atomic E-state index is 12.4. The summed E-state index contributed by atoms with van der Waals surface area (Å²) in [6.07, 6.45) is 0.657. The first kappa shape index (κ1) is 17.6. The van der Waals surface area contributed by atoms with Gasteiger partial charge in [0.15, 0.2) is 0 Å². The molecular formula is C15H18BrNO3S2. The fourth-order valence-electron chi connectivity index (χ4n) is 2.23. The zero-order chi connectivity index (χ0) is 16.2. The Morgan fingerprint density at radius 1 is 1.23 bits per heavy atom. The highest BCUT2D eigenvalue weighted by molar-refractivity contribution is 9.11. The first-order valence-corrected chi connectivity index (χ1v) is 9.88. The summed E-state index contributed by atoms with van der Waals surface area (Å²) in [6, 6.07) is 13.0. The summed E-state index contributed by atoms with van der Waals surface area (Å²) in [5, 5.41) is 0. The second-order valence-electron chi connectivity index (χ2n) is 4.80. The van der Waals surface area contributed by atoms with Crippen LogP contribution in [-0.2, 0) is 20.4 Å². The van der Waals surface area contributed by atoms with Gasteiger partial charge in [-0.3, -0.25) is 0 Å². The summed E-state index contributed by atoms with van der Waals surface area (Å²) in [5.41, 5.74) is 0.276. The molecule has 1 aromatic carbocycles. The monoisotopic (exact) mass is 403 g/mol. The summed E-state index contributed by atoms with van der Waals surface area (Å²) >= 11 is 4.46. The third-order valence-corrected chi connectivity index (χ3v) is 7.14. The van der Waals surface area contributed by atoms with Gasteiger partial charge in [0.25, 0.3) is 0 Å². The number of hydrogen-bond donors (Lipinski definition) is 1. The van der Waals surface area contributed by atoms with E-state index in [-0.39, 0.29) is 10.8 Å². The number of rotatable bonds is 7. The molecule has 0 bridgehead atoms. The highest BCUT2D eigenvalue weighted by Crippen LogP contribution is 2.30. The molecule has 0 spiro atoms. The van der Waals surface area contributed by atoms with Crippen molar-refractivity contribution in [3.05, 3.63) is 51.8 Å². The van der Waals surface area contributed by atoms with Crippen LogP contribution in [0.3, 0.4) is 0 Å². The van der Waals surface area contributed by atoms with Gasteiger partial charge in [-0.05, 0) is 40.0 Å². The van der Waals surface area contributed by atoms with Crippen molar-refractivity contribution < 1.29 is 13.2 Å². The number of sulfonamides is 1. The van der Waals surface area contributed by atoms with E-state index in [0.29, 0.717) is 6.42 Å². The molecule has 2 aromatic rings. The number of halogens is 1. The van der Waals surface area contributed by atoms with E-state index in [1.165, 1.54) is 11.3 Å². The third-order valence-electron chi connectivity index (χ3n) is 3.62. The molecule has 1 N–H and O–H groups in total. The van der Waals surface area contributed by atoms with Crippen molar-refractivity contribution in [2.45, 2.75) is 23.2 Å². The summed E-state index contributed by atoms with van der Waals surface area (Å²) in [6.45, 7) is 2.16. The molecule has 1 atom stereocenters. The van der Waals surface area contributed by atoms with Crippen LogP contribution in [-0.4, -0.2) is 22.1 Å². The number of nitrogens with one attached hydrogen (secondary N) is 1. The molecule has 0 aliphatic rings. The average Bonchev–Trinajstić information content (AvgIpc) is 2.97. The van der Waals surface area contributed by atoms with Crippen molar-refractivity contribution in [2.75, 3.05) is 13.7 Å². The Labute approximate surface area is 143 Å². The highest BCUT2D eigenvalue weighted by atomic mass is 79.9. The van der Waals surface area contributed by atoms with Crippen LogP contribution in [0.25, 0.3) is 0 Å². The molecule has 1 heterocycles. The van der Waals surface area contributed by atoms with Crippen molar-refractivity contribution in [2.24, 2.45) is 0 Å². The van der Waals surface area contributed by atoms with E-state index in [9.17, 15) is 8.42 Å². The fraction of sp³-hybridized carbons (Fsp3) is 0.333. The lowest BCUT2D eigenvalue weighted by Gasteiger charge is -2.32. The quantitative estimate of drug-likeness (QED) is 0.765. The van der Waals surface area contributed by atoms with Gasteiger partial charge in [0.2, 0.25) is 10.0 Å². The molecule has 0 radical (unpaired) electrons. The minimum Gasteiger partial charge on any atom is -0.372 e. The standard InChI is InChI=1S/C15H18BrNO3S2/c1-3-15(20-2,12-7-5-4-6-8-12)11-17-22(18,19)14-10-9-13(16)21-14/h4-10,17H,3,11H2,1-2H3/t15-/m1/s1. The van der Waals surface area contributed by atoms with Crippen LogP contribution < -0.4 is 4.72 Å². The number of hydrogen-bond acceptors (Lipinski definition) is 4. The minimum absolute atomic E-state index is 0.182. The molecule has 0 fully saturated rings. The average molecular weight is 404 g/mol. The molecule has 0 aliphatic heterocycles. The third kappa shape index (κ3) is 3.78. The van der Waals surface area contributed by atoms with Gasteiger partial charge in [0.1, 0.15) is 9.81 Å². The van der Waals surface area contributed by atoms with Crippen LogP contribution in [0.2, 0.25) is 0 Å². The van der Waals surface area contributed by atoms with Crippen molar-refractivity contribution in [3.8, 4) is 0 Å². The van der Waals surface area contributed by atoms with E-state index in [1.807, 2.05) is 37.3 Å². The number of benzene rings is 1. The van der Waals surface area contributed by atoms with E-state index in [0.717, 1.165) is 9.35 Å². The van der Waals surface area contributed by atoms with E-state index in [1.54, 1.807) is 19.2 Å². The van der Waals surface area contributed by atoms with Gasteiger partial charge in [0, 0.05) is 13.7 Å². The molecule has 4 nitrogen and oxygen atoms in total. The first-order chi connectivity index (χ1) is 10.4. The predicted octanol–water partition coefficient (Wildman–Crippen LogP) is 3.74. The highest BCUT2D eigenvalue weighted by Gasteiger charge is 2.32. The maximum Gasteiger partial charge on any atom is 0.250 e. The Balaban J connectivity index is 2.23. The SMILES string of the molecule is CC[C@](CNS(=O)(=O)c1ccc(Br)s1)(OC)c1ccccc1. The van der Waals surface area contributed by atoms with Gasteiger partial charge in [-0.2, -0.15) is 0 Å². The molecule has 0 amide bonds. The van der Waals surface area contributed by atoms with Crippen LogP contribution >= 0.6 is 27.3 Å². The van der Waals surface area contributed by atoms with Crippen molar-refractivity contribution in [1.29, 1.82) is 0 Å². The van der Waals surface area contributed by atoms with Gasteiger partial charge in [-0.25, -0.2) is 13.1 Å². The van der Waals surface area contributed by atoms with E-state index in [2.05, 4.69) is 20.7 Å². The molecule has 0 saturated heterocycles. The lowest BCUT2D eigenvalue weighted by molar-refractivity contribution is -0.0133. The summed E-state index contributed by atoms with van der Waals surface area (Å²) in [4.78, 5) is 0. The summed E-state index contributed by atoms with van der Waals surface area (Å²) < 4.78 is 34.2. The van der Waals surface area contributed by atoms with Crippen molar-refractivity contribution in [1.82, 2.24) is 4.72 Å². The number of thiophene rings is 1. The summed E-state index contributed by atoms with van der Waals surface area (Å²) in [7, 11) is -1.94. The molecule has 22 heavy (non-hydrogen) atoms. The van der Waals surface area contributed by atoms with Crippen molar-refractivity contribution >= 4 is 37.3 Å². The van der Waals surface area contributed by atoms with E-state index >= 15 is 0 Å². The largest absolute Gasteiger partial charge is 0.372 e. The number of methoxy groups -OCH3 is 1. The molecule has 2 rings (SSSR count). The lowest BCUT2D eigenvalue weighted by Crippen LogP contribution is -2.41. The van der Waals surface area contributed by atoms with Crippen LogP contribution in [0.15, 0.2) is 50.5 Å². The smallest absolute Gasteiger partial charge is 0.250 e. The van der Waals surface area contributed by atoms with Gasteiger partial charge in [-0.15, -0.1) is 11.3 Å². The maximum atomic E-state index is 12.4. The van der Waals surface area contributed by atoms with Crippen molar-refractivity contribution in [3.63, 3.8) is 0 Å². The zero-order valence-electron chi connectivity index (χ0n) is 12.4. The number of ether oxygens (including phenoxy) is 1. The van der Waals surface area contributed by atoms with Gasteiger partial charge >= 0.3 is 0 Å². The normalized spacial score (nSPS) is 14.7. The van der Waals surface area contributed by atoms with Gasteiger partial charge < -0.3 is 4.74 Å². The predicted molar refractivity (Wildman–Crippen MR) is 92.6 cm³/mol. The Morgan fingerprint density at radius 2 is 1.91 bits per heavy atom. The fourth-order valence-corrected chi connectivity index (χ4v) is 5.37. The molecule has 0 saturated carbocycles. The Kier molecular flexibility index (Phi) is 5.79.